The van der Waals surface area contributed by atoms with Gasteiger partial charge in [0.1, 0.15) is 5.82 Å². The summed E-state index contributed by atoms with van der Waals surface area (Å²) in [7, 11) is 0. The lowest BCUT2D eigenvalue weighted by Crippen LogP contribution is -2.01. The molecule has 3 rings (SSSR count). The number of carbonyl (C=O) groups is 1. The highest BCUT2D eigenvalue weighted by atomic mass is 16.4. The van der Waals surface area contributed by atoms with Crippen LogP contribution in [0.4, 0.5) is 5.82 Å². The molecular formula is C16H13N3O2. The van der Waals surface area contributed by atoms with Crippen molar-refractivity contribution in [2.75, 3.05) is 5.73 Å². The summed E-state index contributed by atoms with van der Waals surface area (Å²) in [5.74, 6) is -0.541. The molecule has 0 saturated carbocycles. The molecule has 0 bridgehead atoms. The third-order valence-corrected chi connectivity index (χ3v) is 3.16. The fourth-order valence-corrected chi connectivity index (χ4v) is 2.16. The molecule has 104 valence electrons. The number of benzene rings is 2. The molecule has 1 heterocycles. The van der Waals surface area contributed by atoms with Crippen molar-refractivity contribution in [3.63, 3.8) is 0 Å². The maximum atomic E-state index is 10.9. The van der Waals surface area contributed by atoms with Gasteiger partial charge in [-0.2, -0.15) is 5.10 Å². The van der Waals surface area contributed by atoms with Crippen LogP contribution in [0.25, 0.3) is 16.9 Å². The second kappa shape index (κ2) is 5.13. The average Bonchev–Trinajstić information content (AvgIpc) is 2.90. The van der Waals surface area contributed by atoms with E-state index < -0.39 is 5.97 Å². The zero-order valence-corrected chi connectivity index (χ0v) is 11.1. The van der Waals surface area contributed by atoms with Crippen molar-refractivity contribution in [1.29, 1.82) is 0 Å². The lowest BCUT2D eigenvalue weighted by atomic mass is 10.1. The number of hydrogen-bond acceptors (Lipinski definition) is 3. The molecule has 0 unspecified atom stereocenters. The van der Waals surface area contributed by atoms with E-state index in [0.717, 1.165) is 16.9 Å². The van der Waals surface area contributed by atoms with Gasteiger partial charge in [0.05, 0.1) is 16.9 Å². The minimum Gasteiger partial charge on any atom is -0.478 e. The number of rotatable bonds is 3. The van der Waals surface area contributed by atoms with E-state index in [9.17, 15) is 4.79 Å². The van der Waals surface area contributed by atoms with Gasteiger partial charge >= 0.3 is 5.97 Å². The maximum Gasteiger partial charge on any atom is 0.335 e. The monoisotopic (exact) mass is 279 g/mol. The van der Waals surface area contributed by atoms with Gasteiger partial charge in [0.25, 0.3) is 0 Å². The Labute approximate surface area is 121 Å². The summed E-state index contributed by atoms with van der Waals surface area (Å²) in [5.41, 5.74) is 8.65. The van der Waals surface area contributed by atoms with Gasteiger partial charge in [-0.15, -0.1) is 0 Å². The summed E-state index contributed by atoms with van der Waals surface area (Å²) >= 11 is 0. The molecule has 5 heteroatoms. The topological polar surface area (TPSA) is 81.1 Å². The molecule has 0 aliphatic carbocycles. The predicted molar refractivity (Wildman–Crippen MR) is 80.4 cm³/mol. The van der Waals surface area contributed by atoms with Crippen molar-refractivity contribution in [1.82, 2.24) is 9.78 Å². The van der Waals surface area contributed by atoms with Crippen LogP contribution in [0.2, 0.25) is 0 Å². The summed E-state index contributed by atoms with van der Waals surface area (Å²) in [5, 5.41) is 13.2. The van der Waals surface area contributed by atoms with Crippen molar-refractivity contribution in [2.24, 2.45) is 0 Å². The van der Waals surface area contributed by atoms with Gasteiger partial charge < -0.3 is 10.8 Å². The zero-order valence-electron chi connectivity index (χ0n) is 11.1. The number of nitrogens with two attached hydrogens (primary N) is 1. The number of aromatic nitrogens is 2. The van der Waals surface area contributed by atoms with Gasteiger partial charge in [-0.3, -0.25) is 0 Å². The third-order valence-electron chi connectivity index (χ3n) is 3.16. The summed E-state index contributed by atoms with van der Waals surface area (Å²) < 4.78 is 1.70. The van der Waals surface area contributed by atoms with Gasteiger partial charge in [0, 0.05) is 11.6 Å². The van der Waals surface area contributed by atoms with Crippen molar-refractivity contribution < 1.29 is 9.90 Å². The predicted octanol–water partition coefficient (Wildman–Crippen LogP) is 2.82. The highest BCUT2D eigenvalue weighted by molar-refractivity contribution is 5.87. The second-order valence-corrected chi connectivity index (χ2v) is 4.58. The fourth-order valence-electron chi connectivity index (χ4n) is 2.16. The lowest BCUT2D eigenvalue weighted by molar-refractivity contribution is 0.0697. The van der Waals surface area contributed by atoms with Crippen LogP contribution in [0.15, 0.2) is 60.7 Å². The van der Waals surface area contributed by atoms with E-state index in [1.165, 1.54) is 0 Å². The Morgan fingerprint density at radius 3 is 2.33 bits per heavy atom. The Balaban J connectivity index is 2.09. The molecule has 0 fully saturated rings. The number of aromatic carboxylic acids is 1. The average molecular weight is 279 g/mol. The van der Waals surface area contributed by atoms with Crippen LogP contribution < -0.4 is 5.73 Å². The van der Waals surface area contributed by atoms with Gasteiger partial charge in [-0.1, -0.05) is 30.3 Å². The number of hydrogen-bond donors (Lipinski definition) is 2. The Hall–Kier alpha value is -3.08. The first kappa shape index (κ1) is 12.9. The van der Waals surface area contributed by atoms with E-state index in [4.69, 9.17) is 10.8 Å². The summed E-state index contributed by atoms with van der Waals surface area (Å²) in [6.07, 6.45) is 0. The van der Waals surface area contributed by atoms with Crippen molar-refractivity contribution in [3.8, 4) is 16.9 Å². The molecule has 0 aliphatic heterocycles. The number of anilines is 1. The van der Waals surface area contributed by atoms with Gasteiger partial charge in [0.2, 0.25) is 0 Å². The molecule has 3 aromatic rings. The normalized spacial score (nSPS) is 10.5. The largest absolute Gasteiger partial charge is 0.478 e. The third kappa shape index (κ3) is 2.49. The van der Waals surface area contributed by atoms with Crippen molar-refractivity contribution >= 4 is 11.8 Å². The molecule has 3 N–H and O–H groups in total. The van der Waals surface area contributed by atoms with E-state index in [0.29, 0.717) is 5.82 Å². The van der Waals surface area contributed by atoms with Crippen LogP contribution in [-0.4, -0.2) is 20.9 Å². The first-order valence-corrected chi connectivity index (χ1v) is 6.40. The van der Waals surface area contributed by atoms with Crippen LogP contribution in [-0.2, 0) is 0 Å². The minimum absolute atomic E-state index is 0.236. The van der Waals surface area contributed by atoms with E-state index >= 15 is 0 Å². The SMILES string of the molecule is Nc1cc(-c2ccccc2)n(-c2ccc(C(=O)O)cc2)n1. The smallest absolute Gasteiger partial charge is 0.335 e. The number of nitrogens with zero attached hydrogens (tertiary/aromatic N) is 2. The molecule has 2 aromatic carbocycles. The summed E-state index contributed by atoms with van der Waals surface area (Å²) in [4.78, 5) is 10.9. The molecule has 1 aromatic heterocycles. The standard InChI is InChI=1S/C16H13N3O2/c17-15-10-14(11-4-2-1-3-5-11)19(18-15)13-8-6-12(7-9-13)16(20)21/h1-10H,(H2,17,18)(H,20,21). The lowest BCUT2D eigenvalue weighted by Gasteiger charge is -2.07. The molecule has 0 atom stereocenters. The Morgan fingerprint density at radius 2 is 1.71 bits per heavy atom. The van der Waals surface area contributed by atoms with Crippen LogP contribution in [0, 0.1) is 0 Å². The summed E-state index contributed by atoms with van der Waals surface area (Å²) in [6, 6.07) is 18.1. The highest BCUT2D eigenvalue weighted by Crippen LogP contribution is 2.24. The second-order valence-electron chi connectivity index (χ2n) is 4.58. The summed E-state index contributed by atoms with van der Waals surface area (Å²) in [6.45, 7) is 0. The van der Waals surface area contributed by atoms with E-state index in [2.05, 4.69) is 5.10 Å². The molecule has 0 saturated heterocycles. The maximum absolute atomic E-state index is 10.9. The van der Waals surface area contributed by atoms with Gasteiger partial charge in [-0.05, 0) is 24.3 Å². The van der Waals surface area contributed by atoms with Crippen molar-refractivity contribution in [2.45, 2.75) is 0 Å². The Bertz CT molecular complexity index is 777. The molecule has 0 radical (unpaired) electrons. The van der Waals surface area contributed by atoms with Crippen LogP contribution >= 0.6 is 0 Å². The van der Waals surface area contributed by atoms with Gasteiger partial charge in [0.15, 0.2) is 0 Å². The molecule has 0 amide bonds. The molecular weight excluding hydrogens is 266 g/mol. The Kier molecular flexibility index (Phi) is 3.16. The molecule has 5 nitrogen and oxygen atoms in total. The fraction of sp³-hybridized carbons (Fsp3) is 0. The van der Waals surface area contributed by atoms with Crippen LogP contribution in [0.5, 0.6) is 0 Å². The molecule has 0 aliphatic rings. The van der Waals surface area contributed by atoms with E-state index in [1.807, 2.05) is 30.3 Å². The van der Waals surface area contributed by atoms with E-state index in [1.54, 1.807) is 35.0 Å². The van der Waals surface area contributed by atoms with Crippen LogP contribution in [0.3, 0.4) is 0 Å². The van der Waals surface area contributed by atoms with E-state index in [-0.39, 0.29) is 5.56 Å². The minimum atomic E-state index is -0.954. The zero-order chi connectivity index (χ0) is 14.8. The van der Waals surface area contributed by atoms with Crippen LogP contribution in [0.1, 0.15) is 10.4 Å². The van der Waals surface area contributed by atoms with Gasteiger partial charge in [-0.25, -0.2) is 9.48 Å². The first-order valence-electron chi connectivity index (χ1n) is 6.40. The highest BCUT2D eigenvalue weighted by Gasteiger charge is 2.10. The molecule has 0 spiro atoms. The van der Waals surface area contributed by atoms with Crippen molar-refractivity contribution in [3.05, 3.63) is 66.2 Å². The first-order chi connectivity index (χ1) is 10.1. The number of carboxylic acid groups (broad SMARTS) is 1. The Morgan fingerprint density at radius 1 is 1.05 bits per heavy atom. The molecule has 21 heavy (non-hydrogen) atoms. The number of nitrogen functional groups attached to an aromatic ring is 1. The number of carboxylic acids is 1. The quantitative estimate of drug-likeness (QED) is 0.772.